The first kappa shape index (κ1) is 8.95. The van der Waals surface area contributed by atoms with Gasteiger partial charge in [0.25, 0.3) is 0 Å². The van der Waals surface area contributed by atoms with E-state index in [1.54, 1.807) is 0 Å². The van der Waals surface area contributed by atoms with E-state index in [0.29, 0.717) is 5.78 Å². The summed E-state index contributed by atoms with van der Waals surface area (Å²) in [6, 6.07) is 6.17. The molecule has 2 rings (SSSR count). The van der Waals surface area contributed by atoms with Gasteiger partial charge in [0.1, 0.15) is 5.78 Å². The maximum absolute atomic E-state index is 11.2. The summed E-state index contributed by atoms with van der Waals surface area (Å²) in [5, 5.41) is 0. The molecular weight excluding hydrogens is 228 g/mol. The van der Waals surface area contributed by atoms with E-state index in [4.69, 9.17) is 0 Å². The highest BCUT2D eigenvalue weighted by molar-refractivity contribution is 9.10. The summed E-state index contributed by atoms with van der Waals surface area (Å²) in [5.41, 5.74) is 2.38. The van der Waals surface area contributed by atoms with Gasteiger partial charge in [0.15, 0.2) is 0 Å². The van der Waals surface area contributed by atoms with Crippen LogP contribution in [-0.4, -0.2) is 5.78 Å². The van der Waals surface area contributed by atoms with Gasteiger partial charge in [-0.05, 0) is 30.5 Å². The fourth-order valence-corrected chi connectivity index (χ4v) is 1.89. The van der Waals surface area contributed by atoms with E-state index in [2.05, 4.69) is 28.9 Å². The number of Topliss-reactive ketones (excluding diaryl/α,β-unsaturated/α-hetero) is 1. The molecule has 1 aliphatic rings. The third-order valence-electron chi connectivity index (χ3n) is 2.65. The Morgan fingerprint density at radius 3 is 2.69 bits per heavy atom. The predicted molar refractivity (Wildman–Crippen MR) is 55.9 cm³/mol. The third-order valence-corrected chi connectivity index (χ3v) is 3.54. The number of rotatable bonds is 1. The zero-order valence-electron chi connectivity index (χ0n) is 7.51. The van der Waals surface area contributed by atoms with Crippen molar-refractivity contribution in [3.05, 3.63) is 33.8 Å². The van der Waals surface area contributed by atoms with Crippen molar-refractivity contribution in [1.29, 1.82) is 0 Å². The molecule has 68 valence electrons. The lowest BCUT2D eigenvalue weighted by atomic mass is 9.78. The minimum absolute atomic E-state index is 0.187. The summed E-state index contributed by atoms with van der Waals surface area (Å²) in [6.45, 7) is 2.05. The van der Waals surface area contributed by atoms with Crippen molar-refractivity contribution in [2.75, 3.05) is 0 Å². The van der Waals surface area contributed by atoms with E-state index in [1.807, 2.05) is 12.1 Å². The fourth-order valence-electron chi connectivity index (χ4n) is 1.64. The number of halogens is 1. The van der Waals surface area contributed by atoms with Gasteiger partial charge in [0.2, 0.25) is 0 Å². The van der Waals surface area contributed by atoms with Gasteiger partial charge in [-0.15, -0.1) is 0 Å². The fraction of sp³-hybridized carbons (Fsp3) is 0.364. The van der Waals surface area contributed by atoms with Crippen LogP contribution in [0.1, 0.15) is 29.9 Å². The SMILES string of the molecule is Cc1cc(C2CCC2=O)ccc1Br. The second-order valence-corrected chi connectivity index (χ2v) is 4.42. The molecular formula is C11H11BrO. The summed E-state index contributed by atoms with van der Waals surface area (Å²) in [4.78, 5) is 11.2. The van der Waals surface area contributed by atoms with Crippen molar-refractivity contribution in [2.24, 2.45) is 0 Å². The Morgan fingerprint density at radius 2 is 2.23 bits per heavy atom. The number of carbonyl (C=O) groups is 1. The third kappa shape index (κ3) is 1.55. The molecule has 1 aromatic rings. The van der Waals surface area contributed by atoms with Crippen molar-refractivity contribution in [2.45, 2.75) is 25.7 Å². The highest BCUT2D eigenvalue weighted by Crippen LogP contribution is 2.34. The lowest BCUT2D eigenvalue weighted by Gasteiger charge is -2.24. The molecule has 13 heavy (non-hydrogen) atoms. The van der Waals surface area contributed by atoms with E-state index in [-0.39, 0.29) is 5.92 Å². The molecule has 2 heteroatoms. The highest BCUT2D eigenvalue weighted by atomic mass is 79.9. The van der Waals surface area contributed by atoms with Crippen LogP contribution < -0.4 is 0 Å². The minimum Gasteiger partial charge on any atom is -0.299 e. The van der Waals surface area contributed by atoms with E-state index < -0.39 is 0 Å². The zero-order chi connectivity index (χ0) is 9.42. The van der Waals surface area contributed by atoms with Crippen LogP contribution in [-0.2, 0) is 4.79 Å². The summed E-state index contributed by atoms with van der Waals surface area (Å²) >= 11 is 3.45. The van der Waals surface area contributed by atoms with E-state index in [9.17, 15) is 4.79 Å². The maximum atomic E-state index is 11.2. The lowest BCUT2D eigenvalue weighted by molar-refractivity contribution is -0.125. The Balaban J connectivity index is 2.31. The average molecular weight is 239 g/mol. The van der Waals surface area contributed by atoms with E-state index in [1.165, 1.54) is 11.1 Å². The second kappa shape index (κ2) is 3.26. The minimum atomic E-state index is 0.187. The van der Waals surface area contributed by atoms with Crippen LogP contribution in [0, 0.1) is 6.92 Å². The largest absolute Gasteiger partial charge is 0.299 e. The average Bonchev–Trinajstić information content (AvgIpc) is 2.09. The predicted octanol–water partition coefficient (Wildman–Crippen LogP) is 3.20. The van der Waals surface area contributed by atoms with E-state index >= 15 is 0 Å². The molecule has 0 aromatic heterocycles. The molecule has 1 atom stereocenters. The molecule has 0 spiro atoms. The molecule has 1 nitrogen and oxygen atoms in total. The Morgan fingerprint density at radius 1 is 1.46 bits per heavy atom. The molecule has 0 aliphatic heterocycles. The number of ketones is 1. The molecule has 0 bridgehead atoms. The van der Waals surface area contributed by atoms with Gasteiger partial charge in [0, 0.05) is 16.8 Å². The number of aryl methyl sites for hydroxylation is 1. The van der Waals surface area contributed by atoms with Gasteiger partial charge in [-0.3, -0.25) is 4.79 Å². The topological polar surface area (TPSA) is 17.1 Å². The van der Waals surface area contributed by atoms with Gasteiger partial charge < -0.3 is 0 Å². The van der Waals surface area contributed by atoms with Crippen molar-refractivity contribution in [3.63, 3.8) is 0 Å². The molecule has 1 fully saturated rings. The molecule has 0 heterocycles. The van der Waals surface area contributed by atoms with Crippen molar-refractivity contribution in [1.82, 2.24) is 0 Å². The molecule has 0 radical (unpaired) electrons. The van der Waals surface area contributed by atoms with Crippen LogP contribution in [0.3, 0.4) is 0 Å². The van der Waals surface area contributed by atoms with Crippen molar-refractivity contribution < 1.29 is 4.79 Å². The molecule has 0 N–H and O–H groups in total. The Bertz CT molecular complexity index is 357. The molecule has 1 aliphatic carbocycles. The number of carbonyl (C=O) groups excluding carboxylic acids is 1. The van der Waals surface area contributed by atoms with Gasteiger partial charge in [-0.2, -0.15) is 0 Å². The highest BCUT2D eigenvalue weighted by Gasteiger charge is 2.29. The Labute approximate surface area is 86.3 Å². The monoisotopic (exact) mass is 238 g/mol. The van der Waals surface area contributed by atoms with Crippen LogP contribution in [0.2, 0.25) is 0 Å². The first-order chi connectivity index (χ1) is 6.18. The maximum Gasteiger partial charge on any atom is 0.140 e. The first-order valence-corrected chi connectivity index (χ1v) is 5.26. The van der Waals surface area contributed by atoms with Gasteiger partial charge in [-0.25, -0.2) is 0 Å². The van der Waals surface area contributed by atoms with Gasteiger partial charge in [-0.1, -0.05) is 28.1 Å². The van der Waals surface area contributed by atoms with Crippen LogP contribution in [0.4, 0.5) is 0 Å². The van der Waals surface area contributed by atoms with Crippen LogP contribution in [0.5, 0.6) is 0 Å². The van der Waals surface area contributed by atoms with Crippen LogP contribution in [0.15, 0.2) is 22.7 Å². The normalized spacial score (nSPS) is 21.4. The van der Waals surface area contributed by atoms with Crippen molar-refractivity contribution >= 4 is 21.7 Å². The summed E-state index contributed by atoms with van der Waals surface area (Å²) in [5.74, 6) is 0.577. The quantitative estimate of drug-likeness (QED) is 0.735. The van der Waals surface area contributed by atoms with Gasteiger partial charge in [0.05, 0.1) is 0 Å². The standard InChI is InChI=1S/C11H11BrO/c1-7-6-8(2-4-10(7)12)9-3-5-11(9)13/h2,4,6,9H,3,5H2,1H3. The summed E-state index contributed by atoms with van der Waals surface area (Å²) in [6.07, 6.45) is 1.79. The number of benzene rings is 1. The number of hydrogen-bond donors (Lipinski definition) is 0. The van der Waals surface area contributed by atoms with Crippen LogP contribution in [0.25, 0.3) is 0 Å². The van der Waals surface area contributed by atoms with Gasteiger partial charge >= 0.3 is 0 Å². The molecule has 0 saturated heterocycles. The van der Waals surface area contributed by atoms with Crippen LogP contribution >= 0.6 is 15.9 Å². The Hall–Kier alpha value is -0.630. The summed E-state index contributed by atoms with van der Waals surface area (Å²) in [7, 11) is 0. The smallest absolute Gasteiger partial charge is 0.140 e. The van der Waals surface area contributed by atoms with E-state index in [0.717, 1.165) is 17.3 Å². The zero-order valence-corrected chi connectivity index (χ0v) is 9.10. The molecule has 1 saturated carbocycles. The van der Waals surface area contributed by atoms with Crippen molar-refractivity contribution in [3.8, 4) is 0 Å². The molecule has 0 amide bonds. The number of hydrogen-bond acceptors (Lipinski definition) is 1. The lowest BCUT2D eigenvalue weighted by Crippen LogP contribution is -2.23. The summed E-state index contributed by atoms with van der Waals surface area (Å²) < 4.78 is 1.11. The second-order valence-electron chi connectivity index (χ2n) is 3.57. The molecule has 1 aromatic carbocycles. The molecule has 1 unspecified atom stereocenters. The first-order valence-electron chi connectivity index (χ1n) is 4.47. The Kier molecular flexibility index (Phi) is 2.24.